The van der Waals surface area contributed by atoms with Gasteiger partial charge in [0, 0.05) is 6.42 Å². The molecule has 1 fully saturated rings. The molecule has 2 rings (SSSR count). The number of carbonyl (C=O) groups is 1. The SMILES string of the molecule is CC1=C2C(=O)CCC2C(C)(C)C1. The van der Waals surface area contributed by atoms with Crippen LogP contribution in [0.2, 0.25) is 0 Å². The molecule has 0 heterocycles. The Labute approximate surface area is 73.8 Å². The van der Waals surface area contributed by atoms with Crippen LogP contribution in [0.25, 0.3) is 0 Å². The van der Waals surface area contributed by atoms with Gasteiger partial charge in [-0.2, -0.15) is 0 Å². The number of hydrogen-bond acceptors (Lipinski definition) is 1. The monoisotopic (exact) mass is 164 g/mol. The summed E-state index contributed by atoms with van der Waals surface area (Å²) in [6.07, 6.45) is 3.01. The lowest BCUT2D eigenvalue weighted by Crippen LogP contribution is -2.17. The number of fused-ring (bicyclic) bond motifs is 1. The molecule has 0 N–H and O–H groups in total. The first-order valence-electron chi connectivity index (χ1n) is 4.75. The van der Waals surface area contributed by atoms with Crippen molar-refractivity contribution < 1.29 is 4.79 Å². The van der Waals surface area contributed by atoms with E-state index in [2.05, 4.69) is 20.8 Å². The summed E-state index contributed by atoms with van der Waals surface area (Å²) in [6.45, 7) is 6.69. The van der Waals surface area contributed by atoms with Crippen molar-refractivity contribution in [3.05, 3.63) is 11.1 Å². The molecule has 0 saturated heterocycles. The fraction of sp³-hybridized carbons (Fsp3) is 0.727. The predicted octanol–water partition coefficient (Wildman–Crippen LogP) is 2.71. The van der Waals surface area contributed by atoms with E-state index >= 15 is 0 Å². The number of rotatable bonds is 0. The van der Waals surface area contributed by atoms with Crippen LogP contribution in [0.4, 0.5) is 0 Å². The minimum absolute atomic E-state index is 0.353. The van der Waals surface area contributed by atoms with Gasteiger partial charge in [0.05, 0.1) is 0 Å². The fourth-order valence-corrected chi connectivity index (χ4v) is 2.97. The third-order valence-corrected chi connectivity index (χ3v) is 3.43. The molecule has 0 bridgehead atoms. The van der Waals surface area contributed by atoms with E-state index in [0.29, 0.717) is 17.1 Å². The summed E-state index contributed by atoms with van der Waals surface area (Å²) in [4.78, 5) is 11.5. The molecule has 0 aromatic rings. The van der Waals surface area contributed by atoms with Crippen LogP contribution in [0.3, 0.4) is 0 Å². The largest absolute Gasteiger partial charge is 0.295 e. The average molecular weight is 164 g/mol. The van der Waals surface area contributed by atoms with Gasteiger partial charge >= 0.3 is 0 Å². The van der Waals surface area contributed by atoms with Crippen molar-refractivity contribution in [2.24, 2.45) is 11.3 Å². The molecule has 1 heteroatoms. The van der Waals surface area contributed by atoms with Crippen LogP contribution in [-0.4, -0.2) is 5.78 Å². The normalized spacial score (nSPS) is 32.9. The third kappa shape index (κ3) is 0.886. The molecule has 66 valence electrons. The lowest BCUT2D eigenvalue weighted by molar-refractivity contribution is -0.114. The number of allylic oxidation sites excluding steroid dienone is 2. The fourth-order valence-electron chi connectivity index (χ4n) is 2.97. The molecule has 1 saturated carbocycles. The van der Waals surface area contributed by atoms with E-state index in [0.717, 1.165) is 19.3 Å². The highest BCUT2D eigenvalue weighted by Gasteiger charge is 2.45. The summed E-state index contributed by atoms with van der Waals surface area (Å²) in [5, 5.41) is 0. The Morgan fingerprint density at radius 3 is 2.67 bits per heavy atom. The zero-order chi connectivity index (χ0) is 8.93. The van der Waals surface area contributed by atoms with Crippen molar-refractivity contribution in [3.63, 3.8) is 0 Å². The van der Waals surface area contributed by atoms with Crippen molar-refractivity contribution in [2.45, 2.75) is 40.0 Å². The van der Waals surface area contributed by atoms with Crippen molar-refractivity contribution in [1.29, 1.82) is 0 Å². The van der Waals surface area contributed by atoms with Gasteiger partial charge in [0.15, 0.2) is 5.78 Å². The van der Waals surface area contributed by atoms with Crippen molar-refractivity contribution in [3.8, 4) is 0 Å². The molecule has 0 aliphatic heterocycles. The van der Waals surface area contributed by atoms with Gasteiger partial charge in [0.2, 0.25) is 0 Å². The van der Waals surface area contributed by atoms with E-state index in [9.17, 15) is 4.79 Å². The summed E-state index contributed by atoms with van der Waals surface area (Å²) >= 11 is 0. The van der Waals surface area contributed by atoms with E-state index in [-0.39, 0.29) is 0 Å². The van der Waals surface area contributed by atoms with E-state index in [1.807, 2.05) is 0 Å². The second-order valence-corrected chi connectivity index (χ2v) is 4.87. The molecule has 0 aromatic carbocycles. The summed E-state index contributed by atoms with van der Waals surface area (Å²) in [7, 11) is 0. The Kier molecular flexibility index (Phi) is 1.48. The molecular weight excluding hydrogens is 148 g/mol. The van der Waals surface area contributed by atoms with Gasteiger partial charge in [-0.25, -0.2) is 0 Å². The highest BCUT2D eigenvalue weighted by molar-refractivity contribution is 5.99. The maximum absolute atomic E-state index is 11.5. The Balaban J connectivity index is 2.42. The first kappa shape index (κ1) is 8.03. The Morgan fingerprint density at radius 2 is 2.08 bits per heavy atom. The van der Waals surface area contributed by atoms with Crippen molar-refractivity contribution >= 4 is 5.78 Å². The zero-order valence-electron chi connectivity index (χ0n) is 8.11. The molecule has 12 heavy (non-hydrogen) atoms. The summed E-state index contributed by atoms with van der Waals surface area (Å²) in [5.74, 6) is 0.994. The minimum Gasteiger partial charge on any atom is -0.295 e. The Morgan fingerprint density at radius 1 is 1.42 bits per heavy atom. The summed E-state index contributed by atoms with van der Waals surface area (Å²) < 4.78 is 0. The van der Waals surface area contributed by atoms with Crippen LogP contribution in [0.5, 0.6) is 0 Å². The summed E-state index contributed by atoms with van der Waals surface area (Å²) in [6, 6.07) is 0. The zero-order valence-corrected chi connectivity index (χ0v) is 8.11. The van der Waals surface area contributed by atoms with Gasteiger partial charge < -0.3 is 0 Å². The molecule has 1 unspecified atom stereocenters. The van der Waals surface area contributed by atoms with Crippen LogP contribution >= 0.6 is 0 Å². The lowest BCUT2D eigenvalue weighted by atomic mass is 9.79. The van der Waals surface area contributed by atoms with E-state index in [1.54, 1.807) is 0 Å². The first-order chi connectivity index (χ1) is 5.52. The number of hydrogen-bond donors (Lipinski definition) is 0. The predicted molar refractivity (Wildman–Crippen MR) is 48.8 cm³/mol. The number of carbonyl (C=O) groups excluding carboxylic acids is 1. The van der Waals surface area contributed by atoms with E-state index < -0.39 is 0 Å². The second kappa shape index (κ2) is 2.21. The molecule has 2 aliphatic rings. The van der Waals surface area contributed by atoms with Crippen LogP contribution in [0, 0.1) is 11.3 Å². The van der Waals surface area contributed by atoms with Crippen LogP contribution in [0.1, 0.15) is 40.0 Å². The van der Waals surface area contributed by atoms with Gasteiger partial charge in [-0.15, -0.1) is 0 Å². The highest BCUT2D eigenvalue weighted by Crippen LogP contribution is 2.52. The average Bonchev–Trinajstić information content (AvgIpc) is 2.38. The Bertz CT molecular complexity index is 271. The van der Waals surface area contributed by atoms with Gasteiger partial charge in [-0.05, 0) is 36.7 Å². The molecule has 0 radical (unpaired) electrons. The molecular formula is C11H16O. The van der Waals surface area contributed by atoms with Crippen LogP contribution in [0.15, 0.2) is 11.1 Å². The lowest BCUT2D eigenvalue weighted by Gasteiger charge is -2.25. The molecule has 0 aromatic heterocycles. The number of Topliss-reactive ketones (excluding diaryl/α,β-unsaturated/α-hetero) is 1. The number of ketones is 1. The second-order valence-electron chi connectivity index (χ2n) is 4.87. The quantitative estimate of drug-likeness (QED) is 0.538. The maximum Gasteiger partial charge on any atom is 0.159 e. The smallest absolute Gasteiger partial charge is 0.159 e. The standard InChI is InChI=1S/C11H16O/c1-7-6-11(2,3)8-4-5-9(12)10(7)8/h8H,4-6H2,1-3H3. The van der Waals surface area contributed by atoms with Gasteiger partial charge in [0.1, 0.15) is 0 Å². The maximum atomic E-state index is 11.5. The molecule has 0 amide bonds. The van der Waals surface area contributed by atoms with Gasteiger partial charge in [0.25, 0.3) is 0 Å². The van der Waals surface area contributed by atoms with Crippen LogP contribution < -0.4 is 0 Å². The van der Waals surface area contributed by atoms with Crippen molar-refractivity contribution in [1.82, 2.24) is 0 Å². The van der Waals surface area contributed by atoms with E-state index in [4.69, 9.17) is 0 Å². The van der Waals surface area contributed by atoms with Crippen LogP contribution in [-0.2, 0) is 4.79 Å². The Hall–Kier alpha value is -0.590. The van der Waals surface area contributed by atoms with Gasteiger partial charge in [-0.3, -0.25) is 4.79 Å². The molecule has 2 aliphatic carbocycles. The molecule has 1 nitrogen and oxygen atoms in total. The molecule has 1 atom stereocenters. The van der Waals surface area contributed by atoms with E-state index in [1.165, 1.54) is 11.1 Å². The topological polar surface area (TPSA) is 17.1 Å². The summed E-state index contributed by atoms with van der Waals surface area (Å²) in [5.41, 5.74) is 2.89. The van der Waals surface area contributed by atoms with Crippen molar-refractivity contribution in [2.75, 3.05) is 0 Å². The highest BCUT2D eigenvalue weighted by atomic mass is 16.1. The minimum atomic E-state index is 0.353. The third-order valence-electron chi connectivity index (χ3n) is 3.43. The van der Waals surface area contributed by atoms with Gasteiger partial charge in [-0.1, -0.05) is 19.4 Å². The molecule has 0 spiro atoms. The first-order valence-corrected chi connectivity index (χ1v) is 4.75.